The van der Waals surface area contributed by atoms with E-state index in [0.29, 0.717) is 6.42 Å². The Hall–Kier alpha value is 0.760. The number of allylic oxidation sites excluding steroid dienone is 2. The van der Waals surface area contributed by atoms with Gasteiger partial charge in [0.25, 0.3) is 5.85 Å². The zero-order valence-corrected chi connectivity index (χ0v) is 10.0. The molecule has 12 heavy (non-hydrogen) atoms. The number of aliphatic hydroxyl groups excluding tert-OH is 1. The molecule has 0 fully saturated rings. The van der Waals surface area contributed by atoms with Gasteiger partial charge in [-0.25, -0.2) is 0 Å². The number of aliphatic hydroxyl groups is 1. The maximum atomic E-state index is 10.4. The van der Waals surface area contributed by atoms with Crippen molar-refractivity contribution in [3.05, 3.63) is 12.2 Å². The maximum absolute atomic E-state index is 10.4. The molecule has 0 aromatic rings. The van der Waals surface area contributed by atoms with E-state index < -0.39 is 13.9 Å². The SMILES string of the molecule is O=[P+]([O-])C(O)C1CC=CCC1.[Na+]. The Kier molecular flexibility index (Phi) is 6.65. The van der Waals surface area contributed by atoms with E-state index in [1.165, 1.54) is 0 Å². The normalized spacial score (nSPS) is 25.8. The van der Waals surface area contributed by atoms with Crippen molar-refractivity contribution in [1.29, 1.82) is 0 Å². The molecule has 0 spiro atoms. The summed E-state index contributed by atoms with van der Waals surface area (Å²) in [7, 11) is -2.66. The second-order valence-corrected chi connectivity index (χ2v) is 3.84. The summed E-state index contributed by atoms with van der Waals surface area (Å²) in [6.45, 7) is 0. The summed E-state index contributed by atoms with van der Waals surface area (Å²) in [6, 6.07) is 0. The first-order chi connectivity index (χ1) is 5.22. The van der Waals surface area contributed by atoms with Gasteiger partial charge in [-0.3, -0.25) is 0 Å². The van der Waals surface area contributed by atoms with E-state index in [1.54, 1.807) is 0 Å². The summed E-state index contributed by atoms with van der Waals surface area (Å²) in [5, 5.41) is 9.12. The van der Waals surface area contributed by atoms with Crippen molar-refractivity contribution in [2.75, 3.05) is 0 Å². The number of hydrogen-bond acceptors (Lipinski definition) is 3. The van der Waals surface area contributed by atoms with E-state index in [9.17, 15) is 9.46 Å². The average molecular weight is 197 g/mol. The number of rotatable bonds is 2. The molecule has 1 N–H and O–H groups in total. The van der Waals surface area contributed by atoms with Gasteiger partial charge >= 0.3 is 37.6 Å². The Labute approximate surface area is 95.0 Å². The summed E-state index contributed by atoms with van der Waals surface area (Å²) in [4.78, 5) is 10.4. The smallest absolute Gasteiger partial charge is 0.593 e. The molecule has 0 bridgehead atoms. The van der Waals surface area contributed by atoms with Crippen molar-refractivity contribution in [3.8, 4) is 0 Å². The van der Waals surface area contributed by atoms with Crippen LogP contribution in [0.3, 0.4) is 0 Å². The van der Waals surface area contributed by atoms with Gasteiger partial charge in [-0.2, -0.15) is 0 Å². The van der Waals surface area contributed by atoms with Gasteiger partial charge in [0.15, 0.2) is 0 Å². The second kappa shape index (κ2) is 6.25. The monoisotopic (exact) mass is 197 g/mol. The Morgan fingerprint density at radius 2 is 2.25 bits per heavy atom. The summed E-state index contributed by atoms with van der Waals surface area (Å²) < 4.78 is 10.4. The first-order valence-electron chi connectivity index (χ1n) is 3.68. The van der Waals surface area contributed by atoms with Gasteiger partial charge in [-0.05, 0) is 19.3 Å². The van der Waals surface area contributed by atoms with Crippen LogP contribution in [0.25, 0.3) is 0 Å². The molecule has 0 saturated carbocycles. The first-order valence-corrected chi connectivity index (χ1v) is 4.93. The van der Waals surface area contributed by atoms with E-state index in [0.717, 1.165) is 12.8 Å². The van der Waals surface area contributed by atoms with Crippen LogP contribution in [-0.4, -0.2) is 11.0 Å². The third-order valence-corrected chi connectivity index (χ3v) is 2.80. The fraction of sp³-hybridized carbons (Fsp3) is 0.714. The molecule has 1 aliphatic carbocycles. The second-order valence-electron chi connectivity index (χ2n) is 2.74. The van der Waals surface area contributed by atoms with Crippen LogP contribution < -0.4 is 34.5 Å². The van der Waals surface area contributed by atoms with E-state index in [1.807, 2.05) is 12.2 Å². The fourth-order valence-corrected chi connectivity index (χ4v) is 1.87. The standard InChI is InChI=1S/C7H11O3P.Na/c8-7(11(9)10)6-4-2-1-3-5-6;/h1-2,6-8H,3-5H2;/q;+1. The van der Waals surface area contributed by atoms with Crippen LogP contribution in [0.2, 0.25) is 0 Å². The Morgan fingerprint density at radius 3 is 2.67 bits per heavy atom. The van der Waals surface area contributed by atoms with Gasteiger partial charge in [0.05, 0.1) is 0 Å². The zero-order chi connectivity index (χ0) is 8.27. The molecule has 0 aromatic carbocycles. The average Bonchev–Trinajstić information content (AvgIpc) is 2.05. The van der Waals surface area contributed by atoms with Crippen molar-refractivity contribution in [3.63, 3.8) is 0 Å². The Morgan fingerprint density at radius 1 is 1.58 bits per heavy atom. The van der Waals surface area contributed by atoms with Crippen LogP contribution in [0, 0.1) is 5.92 Å². The van der Waals surface area contributed by atoms with Crippen LogP contribution in [0.5, 0.6) is 0 Å². The van der Waals surface area contributed by atoms with E-state index in [4.69, 9.17) is 5.11 Å². The van der Waals surface area contributed by atoms with Crippen LogP contribution in [0.4, 0.5) is 0 Å². The van der Waals surface area contributed by atoms with Crippen molar-refractivity contribution in [2.24, 2.45) is 5.92 Å². The predicted octanol–water partition coefficient (Wildman–Crippen LogP) is -2.23. The van der Waals surface area contributed by atoms with E-state index in [2.05, 4.69) is 0 Å². The molecule has 0 radical (unpaired) electrons. The van der Waals surface area contributed by atoms with Crippen LogP contribution in [0.1, 0.15) is 19.3 Å². The molecule has 0 aromatic heterocycles. The molecule has 1 rings (SSSR count). The molecule has 3 nitrogen and oxygen atoms in total. The van der Waals surface area contributed by atoms with Crippen molar-refractivity contribution >= 4 is 8.03 Å². The van der Waals surface area contributed by atoms with Crippen LogP contribution >= 0.6 is 8.03 Å². The van der Waals surface area contributed by atoms with Gasteiger partial charge in [0, 0.05) is 5.92 Å². The molecule has 5 heteroatoms. The molecule has 62 valence electrons. The van der Waals surface area contributed by atoms with Gasteiger partial charge in [-0.1, -0.05) is 16.7 Å². The molecule has 0 amide bonds. The topological polar surface area (TPSA) is 60.4 Å². The van der Waals surface area contributed by atoms with Gasteiger partial charge in [0.1, 0.15) is 0 Å². The van der Waals surface area contributed by atoms with E-state index in [-0.39, 0.29) is 35.5 Å². The van der Waals surface area contributed by atoms with Gasteiger partial charge in [-0.15, -0.1) is 0 Å². The summed E-state index contributed by atoms with van der Waals surface area (Å²) >= 11 is 0. The molecule has 0 saturated heterocycles. The quantitative estimate of drug-likeness (QED) is 0.309. The maximum Gasteiger partial charge on any atom is 1.00 e. The summed E-state index contributed by atoms with van der Waals surface area (Å²) in [6.07, 6.45) is 6.29. The molecule has 3 atom stereocenters. The summed E-state index contributed by atoms with van der Waals surface area (Å²) in [5.74, 6) is -1.23. The molecule has 0 heterocycles. The molecule has 3 unspecified atom stereocenters. The van der Waals surface area contributed by atoms with E-state index >= 15 is 0 Å². The molecular weight excluding hydrogens is 186 g/mol. The van der Waals surface area contributed by atoms with Crippen molar-refractivity contribution in [2.45, 2.75) is 25.1 Å². The van der Waals surface area contributed by atoms with Crippen molar-refractivity contribution in [1.82, 2.24) is 0 Å². The van der Waals surface area contributed by atoms with Gasteiger partial charge < -0.3 is 10.00 Å². The minimum absolute atomic E-state index is 0. The molecular formula is C7H11NaO3P+. The number of hydrogen-bond donors (Lipinski definition) is 1. The Bertz CT molecular complexity index is 183. The van der Waals surface area contributed by atoms with Crippen LogP contribution in [-0.2, 0) is 4.57 Å². The fourth-order valence-electron chi connectivity index (χ4n) is 1.26. The predicted molar refractivity (Wildman–Crippen MR) is 40.1 cm³/mol. The Balaban J connectivity index is 0.00000121. The molecule has 0 aliphatic heterocycles. The minimum Gasteiger partial charge on any atom is -0.593 e. The largest absolute Gasteiger partial charge is 1.00 e. The van der Waals surface area contributed by atoms with Gasteiger partial charge in [0.2, 0.25) is 0 Å². The minimum atomic E-state index is -2.66. The van der Waals surface area contributed by atoms with Crippen LogP contribution in [0.15, 0.2) is 12.2 Å². The zero-order valence-electron chi connectivity index (χ0n) is 7.14. The first kappa shape index (κ1) is 12.8. The summed E-state index contributed by atoms with van der Waals surface area (Å²) in [5.41, 5.74) is 0. The van der Waals surface area contributed by atoms with Crippen molar-refractivity contribution < 1.29 is 44.1 Å². The molecule has 1 aliphatic rings. The third-order valence-electron chi connectivity index (χ3n) is 1.95. The third kappa shape index (κ3) is 3.65.